The van der Waals surface area contributed by atoms with Gasteiger partial charge in [0.15, 0.2) is 5.78 Å². The lowest BCUT2D eigenvalue weighted by atomic mass is 10.1. The first-order valence-corrected chi connectivity index (χ1v) is 6.50. The van der Waals surface area contributed by atoms with Crippen LogP contribution in [0.5, 0.6) is 0 Å². The van der Waals surface area contributed by atoms with E-state index in [1.165, 1.54) is 0 Å². The Bertz CT molecular complexity index is 530. The number of hydrogen-bond acceptors (Lipinski definition) is 2. The predicted molar refractivity (Wildman–Crippen MR) is 75.0 cm³/mol. The number of nitrogens with one attached hydrogen (secondary N) is 1. The predicted octanol–water partition coefficient (Wildman–Crippen LogP) is 3.08. The van der Waals surface area contributed by atoms with Crippen molar-refractivity contribution in [2.45, 2.75) is 19.8 Å². The number of benzene rings is 1. The van der Waals surface area contributed by atoms with Gasteiger partial charge in [0.1, 0.15) is 0 Å². The van der Waals surface area contributed by atoms with Crippen LogP contribution in [0.15, 0.2) is 30.5 Å². The molecule has 18 heavy (non-hydrogen) atoms. The molecule has 0 aliphatic carbocycles. The van der Waals surface area contributed by atoms with Crippen LogP contribution in [-0.4, -0.2) is 35.8 Å². The number of nitrogens with zero attached hydrogens (tertiary/aromatic N) is 1. The Labute approximate surface area is 108 Å². The normalized spacial score (nSPS) is 11.3. The van der Waals surface area contributed by atoms with Gasteiger partial charge in [0.05, 0.1) is 6.54 Å². The summed E-state index contributed by atoms with van der Waals surface area (Å²) in [7, 11) is 2.00. The molecule has 0 saturated carbocycles. The topological polar surface area (TPSA) is 36.1 Å². The minimum atomic E-state index is 0.186. The number of Topliss-reactive ketones (excluding diaryl/α,β-unsaturated/α-hetero) is 1. The monoisotopic (exact) mass is 244 g/mol. The maximum atomic E-state index is 12.2. The van der Waals surface area contributed by atoms with Crippen molar-refractivity contribution in [1.82, 2.24) is 9.88 Å². The quantitative estimate of drug-likeness (QED) is 0.793. The van der Waals surface area contributed by atoms with E-state index in [4.69, 9.17) is 0 Å². The van der Waals surface area contributed by atoms with Crippen molar-refractivity contribution in [2.75, 3.05) is 20.1 Å². The number of hydrogen-bond donors (Lipinski definition) is 1. The standard InChI is InChI=1S/C15H20N2O/c1-3-4-9-17(2)11-15(18)13-10-16-14-8-6-5-7-12(13)14/h5-8,10,16H,3-4,9,11H2,1-2H3. The fourth-order valence-corrected chi connectivity index (χ4v) is 2.14. The van der Waals surface area contributed by atoms with Gasteiger partial charge in [-0.15, -0.1) is 0 Å². The first kappa shape index (κ1) is 12.8. The van der Waals surface area contributed by atoms with Crippen LogP contribution in [0.25, 0.3) is 10.9 Å². The molecule has 0 bridgehead atoms. The van der Waals surface area contributed by atoms with Crippen LogP contribution >= 0.6 is 0 Å². The molecule has 0 aliphatic heterocycles. The molecule has 3 nitrogen and oxygen atoms in total. The SMILES string of the molecule is CCCCN(C)CC(=O)c1c[nH]c2ccccc12. The molecule has 0 radical (unpaired) electrons. The summed E-state index contributed by atoms with van der Waals surface area (Å²) in [5.74, 6) is 0.186. The Morgan fingerprint density at radius 2 is 2.11 bits per heavy atom. The van der Waals surface area contributed by atoms with Crippen LogP contribution in [0.2, 0.25) is 0 Å². The number of likely N-dealkylation sites (N-methyl/N-ethyl adjacent to an activating group) is 1. The second-order valence-electron chi connectivity index (χ2n) is 4.76. The van der Waals surface area contributed by atoms with Gasteiger partial charge in [-0.05, 0) is 26.1 Å². The molecule has 2 aromatic rings. The zero-order valence-electron chi connectivity index (χ0n) is 11.1. The largest absolute Gasteiger partial charge is 0.360 e. The van der Waals surface area contributed by atoms with Crippen LogP contribution in [-0.2, 0) is 0 Å². The highest BCUT2D eigenvalue weighted by Crippen LogP contribution is 2.18. The second kappa shape index (κ2) is 5.83. The molecule has 0 unspecified atom stereocenters. The highest BCUT2D eigenvalue weighted by atomic mass is 16.1. The third kappa shape index (κ3) is 2.79. The zero-order valence-corrected chi connectivity index (χ0v) is 11.1. The highest BCUT2D eigenvalue weighted by Gasteiger charge is 2.13. The lowest BCUT2D eigenvalue weighted by Crippen LogP contribution is -2.26. The van der Waals surface area contributed by atoms with E-state index < -0.39 is 0 Å². The molecule has 0 aliphatic rings. The van der Waals surface area contributed by atoms with Crippen molar-refractivity contribution in [2.24, 2.45) is 0 Å². The zero-order chi connectivity index (χ0) is 13.0. The van der Waals surface area contributed by atoms with E-state index >= 15 is 0 Å². The van der Waals surface area contributed by atoms with Gasteiger partial charge >= 0.3 is 0 Å². The summed E-state index contributed by atoms with van der Waals surface area (Å²) in [6.07, 6.45) is 4.12. The van der Waals surface area contributed by atoms with Crippen LogP contribution in [0.4, 0.5) is 0 Å². The van der Waals surface area contributed by atoms with Gasteiger partial charge in [-0.3, -0.25) is 9.69 Å². The van der Waals surface area contributed by atoms with Crippen molar-refractivity contribution in [3.8, 4) is 0 Å². The van der Waals surface area contributed by atoms with Gasteiger partial charge in [-0.2, -0.15) is 0 Å². The van der Waals surface area contributed by atoms with Gasteiger partial charge in [-0.25, -0.2) is 0 Å². The molecule has 1 heterocycles. The number of carbonyl (C=O) groups excluding carboxylic acids is 1. The van der Waals surface area contributed by atoms with Crippen molar-refractivity contribution in [3.63, 3.8) is 0 Å². The Morgan fingerprint density at radius 3 is 2.89 bits per heavy atom. The molecular weight excluding hydrogens is 224 g/mol. The van der Waals surface area contributed by atoms with E-state index in [0.29, 0.717) is 6.54 Å². The van der Waals surface area contributed by atoms with Crippen LogP contribution in [0, 0.1) is 0 Å². The summed E-state index contributed by atoms with van der Waals surface area (Å²) < 4.78 is 0. The first-order valence-electron chi connectivity index (χ1n) is 6.50. The van der Waals surface area contributed by atoms with Crippen molar-refractivity contribution in [3.05, 3.63) is 36.0 Å². The Balaban J connectivity index is 2.09. The molecule has 0 atom stereocenters. The maximum absolute atomic E-state index is 12.2. The summed E-state index contributed by atoms with van der Waals surface area (Å²) in [5.41, 5.74) is 1.83. The molecule has 3 heteroatoms. The van der Waals surface area contributed by atoms with Gasteiger partial charge in [0.2, 0.25) is 0 Å². The fourth-order valence-electron chi connectivity index (χ4n) is 2.14. The summed E-state index contributed by atoms with van der Waals surface area (Å²) in [4.78, 5) is 17.5. The fraction of sp³-hybridized carbons (Fsp3) is 0.400. The molecular formula is C15H20N2O. The van der Waals surface area contributed by atoms with E-state index in [-0.39, 0.29) is 5.78 Å². The number of aromatic nitrogens is 1. The number of ketones is 1. The summed E-state index contributed by atoms with van der Waals surface area (Å²) in [6, 6.07) is 7.92. The highest BCUT2D eigenvalue weighted by molar-refractivity contribution is 6.08. The van der Waals surface area contributed by atoms with Gasteiger partial charge in [0.25, 0.3) is 0 Å². The third-order valence-electron chi connectivity index (χ3n) is 3.20. The second-order valence-corrected chi connectivity index (χ2v) is 4.76. The molecule has 0 spiro atoms. The van der Waals surface area contributed by atoms with Crippen LogP contribution in [0.1, 0.15) is 30.1 Å². The number of unbranched alkanes of at least 4 members (excludes halogenated alkanes) is 1. The molecule has 0 amide bonds. The van der Waals surface area contributed by atoms with Crippen LogP contribution < -0.4 is 0 Å². The van der Waals surface area contributed by atoms with E-state index in [1.807, 2.05) is 37.5 Å². The third-order valence-corrected chi connectivity index (χ3v) is 3.20. The molecule has 1 N–H and O–H groups in total. The molecule has 1 aromatic heterocycles. The van der Waals surface area contributed by atoms with Crippen molar-refractivity contribution >= 4 is 16.7 Å². The average molecular weight is 244 g/mol. The Kier molecular flexibility index (Phi) is 4.15. The molecule has 0 saturated heterocycles. The van der Waals surface area contributed by atoms with Crippen molar-refractivity contribution < 1.29 is 4.79 Å². The van der Waals surface area contributed by atoms with E-state index in [2.05, 4.69) is 16.8 Å². The lowest BCUT2D eigenvalue weighted by molar-refractivity contribution is 0.0947. The molecule has 1 aromatic carbocycles. The van der Waals surface area contributed by atoms with E-state index in [0.717, 1.165) is 35.9 Å². The minimum absolute atomic E-state index is 0.186. The number of fused-ring (bicyclic) bond motifs is 1. The molecule has 0 fully saturated rings. The minimum Gasteiger partial charge on any atom is -0.360 e. The lowest BCUT2D eigenvalue weighted by Gasteiger charge is -2.14. The number of para-hydroxylation sites is 1. The van der Waals surface area contributed by atoms with Gasteiger partial charge < -0.3 is 4.98 Å². The maximum Gasteiger partial charge on any atom is 0.178 e. The summed E-state index contributed by atoms with van der Waals surface area (Å²) in [5, 5.41) is 1.02. The number of rotatable bonds is 6. The molecule has 96 valence electrons. The van der Waals surface area contributed by atoms with Gasteiger partial charge in [0, 0.05) is 22.7 Å². The van der Waals surface area contributed by atoms with Crippen LogP contribution in [0.3, 0.4) is 0 Å². The number of carbonyl (C=O) groups is 1. The average Bonchev–Trinajstić information content (AvgIpc) is 2.80. The molecule has 2 rings (SSSR count). The Hall–Kier alpha value is -1.61. The Morgan fingerprint density at radius 1 is 1.33 bits per heavy atom. The van der Waals surface area contributed by atoms with E-state index in [9.17, 15) is 4.79 Å². The number of aromatic amines is 1. The smallest absolute Gasteiger partial charge is 0.178 e. The van der Waals surface area contributed by atoms with Crippen molar-refractivity contribution in [1.29, 1.82) is 0 Å². The summed E-state index contributed by atoms with van der Waals surface area (Å²) >= 11 is 0. The van der Waals surface area contributed by atoms with Gasteiger partial charge in [-0.1, -0.05) is 31.5 Å². The van der Waals surface area contributed by atoms with E-state index in [1.54, 1.807) is 0 Å². The number of H-pyrrole nitrogens is 1. The first-order chi connectivity index (χ1) is 8.72. The summed E-state index contributed by atoms with van der Waals surface area (Å²) in [6.45, 7) is 3.63.